The Morgan fingerprint density at radius 2 is 2.00 bits per heavy atom. The molecule has 0 aromatic carbocycles. The molecule has 1 saturated heterocycles. The van der Waals surface area contributed by atoms with Crippen LogP contribution in [0.5, 0.6) is 0 Å². The van der Waals surface area contributed by atoms with E-state index in [2.05, 4.69) is 17.6 Å². The molecule has 2 unspecified atom stereocenters. The first-order valence-electron chi connectivity index (χ1n) is 6.00. The van der Waals surface area contributed by atoms with Crippen LogP contribution in [0.4, 0.5) is 4.79 Å². The third kappa shape index (κ3) is 2.17. The monoisotopic (exact) mass is 226 g/mol. The van der Waals surface area contributed by atoms with Gasteiger partial charge in [-0.15, -0.1) is 0 Å². The summed E-state index contributed by atoms with van der Waals surface area (Å²) in [6, 6.07) is 0. The van der Waals surface area contributed by atoms with Gasteiger partial charge >= 0.3 is 6.09 Å². The Balaban J connectivity index is 1.74. The summed E-state index contributed by atoms with van der Waals surface area (Å²) in [5.41, 5.74) is -0.117. The molecule has 1 saturated carbocycles. The van der Waals surface area contributed by atoms with Crippen molar-refractivity contribution in [2.45, 2.75) is 33.3 Å². The minimum atomic E-state index is -0.411. The van der Waals surface area contributed by atoms with E-state index < -0.39 is 5.60 Å². The summed E-state index contributed by atoms with van der Waals surface area (Å²) in [5.74, 6) is 1.48. The van der Waals surface area contributed by atoms with Crippen molar-refractivity contribution >= 4 is 6.09 Å². The molecule has 0 radical (unpaired) electrons. The number of hydrogen-bond donors (Lipinski definition) is 2. The van der Waals surface area contributed by atoms with E-state index in [0.717, 1.165) is 31.5 Å². The third-order valence-corrected chi connectivity index (χ3v) is 3.81. The largest absolute Gasteiger partial charge is 0.444 e. The summed E-state index contributed by atoms with van der Waals surface area (Å²) >= 11 is 0. The molecule has 0 spiro atoms. The lowest BCUT2D eigenvalue weighted by Crippen LogP contribution is -2.37. The number of amides is 1. The Morgan fingerprint density at radius 3 is 2.50 bits per heavy atom. The van der Waals surface area contributed by atoms with Crippen LogP contribution in [0.1, 0.15) is 27.7 Å². The summed E-state index contributed by atoms with van der Waals surface area (Å²) in [6.45, 7) is 10.8. The van der Waals surface area contributed by atoms with Crippen LogP contribution in [0.25, 0.3) is 0 Å². The van der Waals surface area contributed by atoms with E-state index in [-0.39, 0.29) is 6.09 Å². The molecule has 0 bridgehead atoms. The van der Waals surface area contributed by atoms with Crippen molar-refractivity contribution in [3.05, 3.63) is 0 Å². The van der Waals surface area contributed by atoms with Crippen molar-refractivity contribution < 1.29 is 9.53 Å². The van der Waals surface area contributed by atoms with Gasteiger partial charge in [-0.05, 0) is 51.1 Å². The number of piperidine rings is 1. The number of fused-ring (bicyclic) bond motifs is 1. The Kier molecular flexibility index (Phi) is 2.65. The second kappa shape index (κ2) is 3.62. The lowest BCUT2D eigenvalue weighted by molar-refractivity contribution is 0.0514. The van der Waals surface area contributed by atoms with Crippen LogP contribution in [0.15, 0.2) is 0 Å². The van der Waals surface area contributed by atoms with E-state index in [4.69, 9.17) is 4.74 Å². The van der Waals surface area contributed by atoms with Gasteiger partial charge in [0.25, 0.3) is 0 Å². The molecular formula is C12H22N2O2. The van der Waals surface area contributed by atoms with Crippen molar-refractivity contribution in [3.8, 4) is 0 Å². The fourth-order valence-corrected chi connectivity index (χ4v) is 2.75. The first kappa shape index (κ1) is 11.7. The predicted molar refractivity (Wildman–Crippen MR) is 62.2 cm³/mol. The quantitative estimate of drug-likeness (QED) is 0.747. The second-order valence-corrected chi connectivity index (χ2v) is 6.23. The molecule has 2 rings (SSSR count). The zero-order valence-electron chi connectivity index (χ0n) is 10.6. The molecule has 0 aromatic heterocycles. The van der Waals surface area contributed by atoms with Crippen molar-refractivity contribution in [1.29, 1.82) is 0 Å². The molecule has 4 heteroatoms. The maximum Gasteiger partial charge on any atom is 0.407 e. The first-order chi connectivity index (χ1) is 7.33. The van der Waals surface area contributed by atoms with Crippen LogP contribution in [0, 0.1) is 17.3 Å². The van der Waals surface area contributed by atoms with Crippen LogP contribution in [-0.4, -0.2) is 31.3 Å². The van der Waals surface area contributed by atoms with E-state index in [1.54, 1.807) is 0 Å². The van der Waals surface area contributed by atoms with E-state index >= 15 is 0 Å². The highest BCUT2D eigenvalue weighted by molar-refractivity contribution is 5.67. The lowest BCUT2D eigenvalue weighted by atomic mass is 10.0. The van der Waals surface area contributed by atoms with Gasteiger partial charge in [-0.3, -0.25) is 0 Å². The zero-order valence-corrected chi connectivity index (χ0v) is 10.6. The van der Waals surface area contributed by atoms with Gasteiger partial charge < -0.3 is 15.4 Å². The highest BCUT2D eigenvalue weighted by Gasteiger charge is 2.62. The molecular weight excluding hydrogens is 204 g/mol. The Labute approximate surface area is 97.1 Å². The third-order valence-electron chi connectivity index (χ3n) is 3.81. The van der Waals surface area contributed by atoms with Crippen LogP contribution in [0.3, 0.4) is 0 Å². The van der Waals surface area contributed by atoms with Gasteiger partial charge in [0.2, 0.25) is 0 Å². The zero-order chi connectivity index (χ0) is 12.0. The smallest absolute Gasteiger partial charge is 0.407 e. The molecule has 2 atom stereocenters. The standard InChI is InChI=1S/C12H22N2O2/c1-11(2,3)16-10(15)14-7-12(4)8-5-13-6-9(8)12/h8-9,13H,5-7H2,1-4H3,(H,14,15). The normalized spacial score (nSPS) is 36.8. The minimum Gasteiger partial charge on any atom is -0.444 e. The minimum absolute atomic E-state index is 0.294. The summed E-state index contributed by atoms with van der Waals surface area (Å²) in [6.07, 6.45) is -0.299. The fraction of sp³-hybridized carbons (Fsp3) is 0.917. The number of nitrogens with one attached hydrogen (secondary N) is 2. The number of rotatable bonds is 2. The summed E-state index contributed by atoms with van der Waals surface area (Å²) in [4.78, 5) is 11.5. The number of alkyl carbamates (subject to hydrolysis) is 1. The van der Waals surface area contributed by atoms with Gasteiger partial charge in [0.1, 0.15) is 5.60 Å². The van der Waals surface area contributed by atoms with Crippen molar-refractivity contribution in [2.75, 3.05) is 19.6 Å². The van der Waals surface area contributed by atoms with E-state index in [9.17, 15) is 4.79 Å². The molecule has 2 aliphatic rings. The Bertz CT molecular complexity index is 286. The number of carbonyl (C=O) groups is 1. The summed E-state index contributed by atoms with van der Waals surface area (Å²) in [7, 11) is 0. The Morgan fingerprint density at radius 1 is 1.44 bits per heavy atom. The first-order valence-corrected chi connectivity index (χ1v) is 6.00. The highest BCUT2D eigenvalue weighted by Crippen LogP contribution is 2.59. The topological polar surface area (TPSA) is 50.4 Å². The molecule has 1 amide bonds. The average molecular weight is 226 g/mol. The maximum absolute atomic E-state index is 11.5. The SMILES string of the molecule is CC(C)(C)OC(=O)NCC1(C)C2CNCC21. The van der Waals surface area contributed by atoms with E-state index in [1.165, 1.54) is 0 Å². The maximum atomic E-state index is 11.5. The van der Waals surface area contributed by atoms with Crippen molar-refractivity contribution in [1.82, 2.24) is 10.6 Å². The molecule has 2 fully saturated rings. The van der Waals surface area contributed by atoms with Crippen LogP contribution < -0.4 is 10.6 Å². The number of carbonyl (C=O) groups excluding carboxylic acids is 1. The lowest BCUT2D eigenvalue weighted by Gasteiger charge is -2.22. The van der Waals surface area contributed by atoms with Gasteiger partial charge in [0.15, 0.2) is 0 Å². The van der Waals surface area contributed by atoms with Crippen molar-refractivity contribution in [3.63, 3.8) is 0 Å². The second-order valence-electron chi connectivity index (χ2n) is 6.23. The van der Waals surface area contributed by atoms with Gasteiger partial charge in [-0.1, -0.05) is 6.92 Å². The van der Waals surface area contributed by atoms with Crippen LogP contribution in [-0.2, 0) is 4.74 Å². The fourth-order valence-electron chi connectivity index (χ4n) is 2.75. The molecule has 16 heavy (non-hydrogen) atoms. The van der Waals surface area contributed by atoms with E-state index in [0.29, 0.717) is 5.41 Å². The molecule has 1 aliphatic carbocycles. The van der Waals surface area contributed by atoms with E-state index in [1.807, 2.05) is 20.8 Å². The van der Waals surface area contributed by atoms with Crippen LogP contribution >= 0.6 is 0 Å². The van der Waals surface area contributed by atoms with Gasteiger partial charge in [0, 0.05) is 6.54 Å². The molecule has 2 N–H and O–H groups in total. The highest BCUT2D eigenvalue weighted by atomic mass is 16.6. The molecule has 92 valence electrons. The molecule has 0 aromatic rings. The van der Waals surface area contributed by atoms with Gasteiger partial charge in [-0.25, -0.2) is 4.79 Å². The summed E-state index contributed by atoms with van der Waals surface area (Å²) in [5, 5.41) is 6.24. The Hall–Kier alpha value is -0.770. The molecule has 4 nitrogen and oxygen atoms in total. The molecule has 1 heterocycles. The number of ether oxygens (including phenoxy) is 1. The van der Waals surface area contributed by atoms with Gasteiger partial charge in [-0.2, -0.15) is 0 Å². The van der Waals surface area contributed by atoms with Crippen LogP contribution in [0.2, 0.25) is 0 Å². The number of hydrogen-bond acceptors (Lipinski definition) is 3. The molecule has 1 aliphatic heterocycles. The average Bonchev–Trinajstić information content (AvgIpc) is 2.58. The van der Waals surface area contributed by atoms with Crippen molar-refractivity contribution in [2.24, 2.45) is 17.3 Å². The van der Waals surface area contributed by atoms with Gasteiger partial charge in [0.05, 0.1) is 0 Å². The predicted octanol–water partition coefficient (Wildman–Crippen LogP) is 1.37. The summed E-state index contributed by atoms with van der Waals surface area (Å²) < 4.78 is 5.22.